The summed E-state index contributed by atoms with van der Waals surface area (Å²) in [6, 6.07) is 11.2. The summed E-state index contributed by atoms with van der Waals surface area (Å²) in [5, 5.41) is 0.666. The average Bonchev–Trinajstić information content (AvgIpc) is 2.59. The van der Waals surface area contributed by atoms with Crippen LogP contribution in [-0.2, 0) is 11.2 Å². The molecule has 3 nitrogen and oxygen atoms in total. The third-order valence-electron chi connectivity index (χ3n) is 3.31. The first-order chi connectivity index (χ1) is 12.0. The SMILES string of the molecule is CC#CCOc1ccc(Sc2c(OC(C)=O)ccc(Cl)c2CC)cc1. The number of carbonyl (C=O) groups excluding carboxylic acids is 1. The Bertz CT molecular complexity index is 804. The number of carbonyl (C=O) groups is 1. The molecule has 0 bridgehead atoms. The van der Waals surface area contributed by atoms with E-state index in [0.717, 1.165) is 27.5 Å². The van der Waals surface area contributed by atoms with Crippen LogP contribution in [0.2, 0.25) is 5.02 Å². The summed E-state index contributed by atoms with van der Waals surface area (Å²) in [5.41, 5.74) is 0.962. The third kappa shape index (κ3) is 5.45. The van der Waals surface area contributed by atoms with Gasteiger partial charge in [0.1, 0.15) is 18.1 Å². The molecule has 0 amide bonds. The number of rotatable bonds is 6. The lowest BCUT2D eigenvalue weighted by Crippen LogP contribution is -2.04. The first kappa shape index (κ1) is 19.2. The predicted molar refractivity (Wildman–Crippen MR) is 102 cm³/mol. The Morgan fingerprint density at radius 3 is 2.52 bits per heavy atom. The molecule has 0 fully saturated rings. The van der Waals surface area contributed by atoms with E-state index in [2.05, 4.69) is 11.8 Å². The van der Waals surface area contributed by atoms with Crippen molar-refractivity contribution >= 4 is 29.3 Å². The van der Waals surface area contributed by atoms with Crippen molar-refractivity contribution in [2.75, 3.05) is 6.61 Å². The Morgan fingerprint density at radius 1 is 1.20 bits per heavy atom. The standard InChI is InChI=1S/C20H19ClO3S/c1-4-6-13-23-15-7-9-16(10-8-15)25-20-17(5-2)18(21)11-12-19(20)24-14(3)22/h7-12H,5,13H2,1-3H3. The summed E-state index contributed by atoms with van der Waals surface area (Å²) in [6.07, 6.45) is 0.743. The molecule has 0 spiro atoms. The van der Waals surface area contributed by atoms with Crippen molar-refractivity contribution in [1.82, 2.24) is 0 Å². The van der Waals surface area contributed by atoms with Crippen LogP contribution >= 0.6 is 23.4 Å². The van der Waals surface area contributed by atoms with Gasteiger partial charge < -0.3 is 9.47 Å². The molecule has 0 saturated heterocycles. The fourth-order valence-corrected chi connectivity index (χ4v) is 3.62. The minimum atomic E-state index is -0.355. The quantitative estimate of drug-likeness (QED) is 0.386. The Kier molecular flexibility index (Phi) is 7.24. The number of esters is 1. The fraction of sp³-hybridized carbons (Fsp3) is 0.250. The molecule has 0 unspecified atom stereocenters. The molecule has 5 heteroatoms. The predicted octanol–water partition coefficient (Wildman–Crippen LogP) is 5.38. The second-order valence-corrected chi connectivity index (χ2v) is 6.58. The van der Waals surface area contributed by atoms with Crippen LogP contribution in [-0.4, -0.2) is 12.6 Å². The lowest BCUT2D eigenvalue weighted by molar-refractivity contribution is -0.132. The molecule has 0 radical (unpaired) electrons. The van der Waals surface area contributed by atoms with Gasteiger partial charge in [0, 0.05) is 16.8 Å². The van der Waals surface area contributed by atoms with E-state index in [4.69, 9.17) is 21.1 Å². The largest absolute Gasteiger partial charge is 0.481 e. The fourth-order valence-electron chi connectivity index (χ4n) is 2.17. The van der Waals surface area contributed by atoms with Gasteiger partial charge in [-0.1, -0.05) is 36.2 Å². The van der Waals surface area contributed by atoms with E-state index in [9.17, 15) is 4.79 Å². The average molecular weight is 375 g/mol. The molecule has 130 valence electrons. The first-order valence-corrected chi connectivity index (χ1v) is 9.04. The summed E-state index contributed by atoms with van der Waals surface area (Å²) in [6.45, 7) is 5.56. The van der Waals surface area contributed by atoms with Crippen molar-refractivity contribution in [3.63, 3.8) is 0 Å². The number of hydrogen-bond donors (Lipinski definition) is 0. The van der Waals surface area contributed by atoms with Gasteiger partial charge in [0.25, 0.3) is 0 Å². The number of halogens is 1. The van der Waals surface area contributed by atoms with Crippen molar-refractivity contribution < 1.29 is 14.3 Å². The van der Waals surface area contributed by atoms with Crippen molar-refractivity contribution in [1.29, 1.82) is 0 Å². The number of benzene rings is 2. The zero-order valence-electron chi connectivity index (χ0n) is 14.4. The van der Waals surface area contributed by atoms with Crippen LogP contribution in [0.15, 0.2) is 46.2 Å². The number of ether oxygens (including phenoxy) is 2. The van der Waals surface area contributed by atoms with Crippen LogP contribution in [0.4, 0.5) is 0 Å². The Labute approximate surface area is 157 Å². The molecular formula is C20H19ClO3S. The zero-order valence-corrected chi connectivity index (χ0v) is 16.0. The molecule has 2 rings (SSSR count). The minimum absolute atomic E-state index is 0.355. The minimum Gasteiger partial charge on any atom is -0.481 e. The van der Waals surface area contributed by atoms with Gasteiger partial charge in [-0.3, -0.25) is 4.79 Å². The molecular weight excluding hydrogens is 356 g/mol. The Hall–Kier alpha value is -2.09. The Balaban J connectivity index is 2.27. The monoisotopic (exact) mass is 374 g/mol. The summed E-state index contributed by atoms with van der Waals surface area (Å²) in [4.78, 5) is 13.2. The maximum Gasteiger partial charge on any atom is 0.308 e. The summed E-state index contributed by atoms with van der Waals surface area (Å²) in [7, 11) is 0. The highest BCUT2D eigenvalue weighted by molar-refractivity contribution is 7.99. The van der Waals surface area contributed by atoms with E-state index < -0.39 is 0 Å². The van der Waals surface area contributed by atoms with E-state index >= 15 is 0 Å². The van der Waals surface area contributed by atoms with Gasteiger partial charge in [-0.2, -0.15) is 0 Å². The van der Waals surface area contributed by atoms with Crippen LogP contribution in [0.5, 0.6) is 11.5 Å². The molecule has 0 aliphatic carbocycles. The molecule has 0 heterocycles. The first-order valence-electron chi connectivity index (χ1n) is 7.85. The lowest BCUT2D eigenvalue weighted by Gasteiger charge is -2.14. The maximum absolute atomic E-state index is 11.4. The Morgan fingerprint density at radius 2 is 1.92 bits per heavy atom. The van der Waals surface area contributed by atoms with Gasteiger partial charge in [-0.05, 0) is 55.3 Å². The van der Waals surface area contributed by atoms with E-state index in [-0.39, 0.29) is 5.97 Å². The zero-order chi connectivity index (χ0) is 18.2. The molecule has 25 heavy (non-hydrogen) atoms. The highest BCUT2D eigenvalue weighted by Gasteiger charge is 2.15. The van der Waals surface area contributed by atoms with Gasteiger partial charge in [-0.25, -0.2) is 0 Å². The van der Waals surface area contributed by atoms with Gasteiger partial charge in [0.05, 0.1) is 4.90 Å². The molecule has 0 aliphatic heterocycles. The molecule has 0 N–H and O–H groups in total. The van der Waals surface area contributed by atoms with Crippen LogP contribution in [0.3, 0.4) is 0 Å². The van der Waals surface area contributed by atoms with Crippen LogP contribution < -0.4 is 9.47 Å². The summed E-state index contributed by atoms with van der Waals surface area (Å²) < 4.78 is 10.9. The molecule has 0 aromatic heterocycles. The molecule has 2 aromatic rings. The van der Waals surface area contributed by atoms with E-state index in [1.165, 1.54) is 18.7 Å². The van der Waals surface area contributed by atoms with Gasteiger partial charge >= 0.3 is 5.97 Å². The second kappa shape index (κ2) is 9.41. The topological polar surface area (TPSA) is 35.5 Å². The number of hydrogen-bond acceptors (Lipinski definition) is 4. The molecule has 0 aliphatic rings. The highest BCUT2D eigenvalue weighted by Crippen LogP contribution is 2.41. The molecule has 2 aromatic carbocycles. The van der Waals surface area contributed by atoms with Crippen LogP contribution in [0, 0.1) is 11.8 Å². The third-order valence-corrected chi connectivity index (χ3v) is 4.82. The van der Waals surface area contributed by atoms with Crippen molar-refractivity contribution in [2.45, 2.75) is 37.0 Å². The van der Waals surface area contributed by atoms with E-state index in [1.807, 2.05) is 31.2 Å². The maximum atomic E-state index is 11.4. The van der Waals surface area contributed by atoms with E-state index in [0.29, 0.717) is 17.4 Å². The van der Waals surface area contributed by atoms with Crippen molar-refractivity contribution in [3.8, 4) is 23.3 Å². The van der Waals surface area contributed by atoms with Gasteiger partial charge in [-0.15, -0.1) is 5.92 Å². The van der Waals surface area contributed by atoms with Crippen LogP contribution in [0.1, 0.15) is 26.3 Å². The van der Waals surface area contributed by atoms with Crippen molar-refractivity contribution in [2.24, 2.45) is 0 Å². The lowest BCUT2D eigenvalue weighted by atomic mass is 10.1. The molecule has 0 atom stereocenters. The van der Waals surface area contributed by atoms with Gasteiger partial charge in [0.2, 0.25) is 0 Å². The second-order valence-electron chi connectivity index (χ2n) is 5.09. The van der Waals surface area contributed by atoms with Crippen molar-refractivity contribution in [3.05, 3.63) is 47.0 Å². The van der Waals surface area contributed by atoms with E-state index in [1.54, 1.807) is 19.1 Å². The highest BCUT2D eigenvalue weighted by atomic mass is 35.5. The molecule has 0 saturated carbocycles. The summed E-state index contributed by atoms with van der Waals surface area (Å²) in [5.74, 6) is 6.58. The normalized spacial score (nSPS) is 9.92. The smallest absolute Gasteiger partial charge is 0.308 e. The van der Waals surface area contributed by atoms with Gasteiger partial charge in [0.15, 0.2) is 0 Å². The summed E-state index contributed by atoms with van der Waals surface area (Å²) >= 11 is 7.83. The van der Waals surface area contributed by atoms with Crippen LogP contribution in [0.25, 0.3) is 0 Å².